The van der Waals surface area contributed by atoms with E-state index < -0.39 is 5.60 Å². The molecule has 3 nitrogen and oxygen atoms in total. The van der Waals surface area contributed by atoms with Gasteiger partial charge in [0.15, 0.2) is 0 Å². The minimum absolute atomic E-state index is 0.0552. The predicted molar refractivity (Wildman–Crippen MR) is 86.0 cm³/mol. The highest BCUT2D eigenvalue weighted by Gasteiger charge is 2.29. The summed E-state index contributed by atoms with van der Waals surface area (Å²) >= 11 is 5.16. The van der Waals surface area contributed by atoms with Gasteiger partial charge in [-0.05, 0) is 53.7 Å². The van der Waals surface area contributed by atoms with E-state index in [4.69, 9.17) is 0 Å². The Hall–Kier alpha value is -0.390. The van der Waals surface area contributed by atoms with E-state index in [0.717, 1.165) is 42.3 Å². The van der Waals surface area contributed by atoms with Gasteiger partial charge in [-0.2, -0.15) is 0 Å². The van der Waals surface area contributed by atoms with Crippen LogP contribution in [0.3, 0.4) is 0 Å². The smallest absolute Gasteiger partial charge is 0.220 e. The monoisotopic (exact) mass is 359 g/mol. The fourth-order valence-electron chi connectivity index (χ4n) is 2.65. The van der Waals surface area contributed by atoms with Gasteiger partial charge in [0.05, 0.1) is 9.39 Å². The third kappa shape index (κ3) is 5.19. The molecule has 20 heavy (non-hydrogen) atoms. The Labute approximate surface area is 132 Å². The predicted octanol–water partition coefficient (Wildman–Crippen LogP) is 3.64. The lowest BCUT2D eigenvalue weighted by atomic mass is 9.85. The van der Waals surface area contributed by atoms with Gasteiger partial charge in [-0.15, -0.1) is 11.3 Å². The van der Waals surface area contributed by atoms with Gasteiger partial charge >= 0.3 is 0 Å². The molecule has 0 aromatic carbocycles. The summed E-state index contributed by atoms with van der Waals surface area (Å²) in [5.41, 5.74) is -0.660. The van der Waals surface area contributed by atoms with E-state index in [9.17, 15) is 9.90 Å². The Kier molecular flexibility index (Phi) is 6.05. The van der Waals surface area contributed by atoms with Gasteiger partial charge in [-0.1, -0.05) is 19.3 Å². The van der Waals surface area contributed by atoms with Gasteiger partial charge in [-0.3, -0.25) is 4.79 Å². The molecule has 1 aromatic rings. The standard InChI is InChI=1S/C15H22BrNO2S/c16-13-8-7-12(20-13)5-4-6-14(18)17-11-15(19)9-2-1-3-10-15/h7-8,19H,1-6,9-11H2,(H,17,18). The molecule has 1 aliphatic carbocycles. The largest absolute Gasteiger partial charge is 0.388 e. The molecule has 0 radical (unpaired) electrons. The lowest BCUT2D eigenvalue weighted by Gasteiger charge is -2.32. The molecule has 0 unspecified atom stereocenters. The summed E-state index contributed by atoms with van der Waals surface area (Å²) in [4.78, 5) is 13.1. The molecule has 1 heterocycles. The zero-order valence-electron chi connectivity index (χ0n) is 11.7. The van der Waals surface area contributed by atoms with Crippen molar-refractivity contribution in [3.8, 4) is 0 Å². The summed E-state index contributed by atoms with van der Waals surface area (Å²) in [6.45, 7) is 0.413. The van der Waals surface area contributed by atoms with Crippen LogP contribution in [0.25, 0.3) is 0 Å². The summed E-state index contributed by atoms with van der Waals surface area (Å²) in [7, 11) is 0. The SMILES string of the molecule is O=C(CCCc1ccc(Br)s1)NCC1(O)CCCCC1. The third-order valence-corrected chi connectivity index (χ3v) is 5.54. The summed E-state index contributed by atoms with van der Waals surface area (Å²) < 4.78 is 1.14. The van der Waals surface area contributed by atoms with Gasteiger partial charge in [0.2, 0.25) is 5.91 Å². The maximum Gasteiger partial charge on any atom is 0.220 e. The van der Waals surface area contributed by atoms with Gasteiger partial charge in [-0.25, -0.2) is 0 Å². The third-order valence-electron chi connectivity index (χ3n) is 3.85. The molecule has 0 saturated heterocycles. The second-order valence-corrected chi connectivity index (χ2v) is 8.17. The Bertz CT molecular complexity index is 441. The fourth-order valence-corrected chi connectivity index (χ4v) is 4.17. The summed E-state index contributed by atoms with van der Waals surface area (Å²) in [5, 5.41) is 13.2. The Morgan fingerprint density at radius 2 is 2.10 bits per heavy atom. The zero-order valence-corrected chi connectivity index (χ0v) is 14.1. The van der Waals surface area contributed by atoms with Gasteiger partial charge in [0.25, 0.3) is 0 Å². The number of hydrogen-bond acceptors (Lipinski definition) is 3. The van der Waals surface area contributed by atoms with Gasteiger partial charge < -0.3 is 10.4 Å². The average Bonchev–Trinajstić information content (AvgIpc) is 2.83. The Balaban J connectivity index is 1.62. The number of halogens is 1. The zero-order chi connectivity index (χ0) is 14.4. The van der Waals surface area contributed by atoms with Crippen LogP contribution in [0.5, 0.6) is 0 Å². The Morgan fingerprint density at radius 3 is 2.75 bits per heavy atom. The lowest BCUT2D eigenvalue weighted by molar-refractivity contribution is -0.122. The maximum atomic E-state index is 11.8. The summed E-state index contributed by atoms with van der Waals surface area (Å²) in [6.07, 6.45) is 7.30. The number of rotatable bonds is 6. The molecule has 5 heteroatoms. The van der Waals surface area contributed by atoms with Crippen molar-refractivity contribution in [2.45, 2.75) is 57.0 Å². The first-order chi connectivity index (χ1) is 9.57. The summed E-state index contributed by atoms with van der Waals surface area (Å²) in [5.74, 6) is 0.0552. The highest BCUT2D eigenvalue weighted by atomic mass is 79.9. The molecular formula is C15H22BrNO2S. The van der Waals surface area contributed by atoms with Crippen LogP contribution in [0.15, 0.2) is 15.9 Å². The number of aryl methyl sites for hydroxylation is 1. The lowest BCUT2D eigenvalue weighted by Crippen LogP contribution is -2.44. The molecule has 1 aliphatic rings. The van der Waals surface area contributed by atoms with Crippen molar-refractivity contribution in [2.24, 2.45) is 0 Å². The van der Waals surface area contributed by atoms with Gasteiger partial charge in [0, 0.05) is 17.8 Å². The van der Waals surface area contributed by atoms with Crippen molar-refractivity contribution >= 4 is 33.2 Å². The van der Waals surface area contributed by atoms with Crippen molar-refractivity contribution in [3.05, 3.63) is 20.8 Å². The minimum Gasteiger partial charge on any atom is -0.388 e. The number of nitrogens with one attached hydrogen (secondary N) is 1. The van der Waals surface area contributed by atoms with Crippen LogP contribution in [-0.4, -0.2) is 23.2 Å². The van der Waals surface area contributed by atoms with Crippen LogP contribution >= 0.6 is 27.3 Å². The molecule has 2 rings (SSSR count). The van der Waals surface area contributed by atoms with Crippen LogP contribution in [0.1, 0.15) is 49.8 Å². The number of hydrogen-bond donors (Lipinski definition) is 2. The molecule has 1 amide bonds. The van der Waals surface area contributed by atoms with E-state index in [-0.39, 0.29) is 5.91 Å². The number of carbonyl (C=O) groups is 1. The molecule has 0 spiro atoms. The van der Waals surface area contributed by atoms with E-state index in [0.29, 0.717) is 13.0 Å². The molecule has 1 saturated carbocycles. The second kappa shape index (κ2) is 7.57. The second-order valence-electron chi connectivity index (χ2n) is 5.62. The molecule has 0 aliphatic heterocycles. The van der Waals surface area contributed by atoms with Crippen LogP contribution < -0.4 is 5.32 Å². The van der Waals surface area contributed by atoms with E-state index >= 15 is 0 Å². The Morgan fingerprint density at radius 1 is 1.35 bits per heavy atom. The van der Waals surface area contributed by atoms with E-state index in [2.05, 4.69) is 27.3 Å². The van der Waals surface area contributed by atoms with Crippen molar-refractivity contribution in [1.29, 1.82) is 0 Å². The molecule has 0 bridgehead atoms. The van der Waals surface area contributed by atoms with E-state index in [1.165, 1.54) is 11.3 Å². The number of aliphatic hydroxyl groups is 1. The molecular weight excluding hydrogens is 338 g/mol. The first kappa shape index (κ1) is 16.0. The maximum absolute atomic E-state index is 11.8. The van der Waals surface area contributed by atoms with Crippen molar-refractivity contribution in [1.82, 2.24) is 5.32 Å². The van der Waals surface area contributed by atoms with Crippen LogP contribution in [-0.2, 0) is 11.2 Å². The van der Waals surface area contributed by atoms with Crippen LogP contribution in [0, 0.1) is 0 Å². The molecule has 2 N–H and O–H groups in total. The summed E-state index contributed by atoms with van der Waals surface area (Å²) in [6, 6.07) is 4.13. The first-order valence-electron chi connectivity index (χ1n) is 7.31. The van der Waals surface area contributed by atoms with Crippen LogP contribution in [0.4, 0.5) is 0 Å². The number of thiophene rings is 1. The topological polar surface area (TPSA) is 49.3 Å². The highest BCUT2D eigenvalue weighted by Crippen LogP contribution is 2.27. The van der Waals surface area contributed by atoms with E-state index in [1.54, 1.807) is 11.3 Å². The molecule has 0 atom stereocenters. The average molecular weight is 360 g/mol. The number of carbonyl (C=O) groups excluding carboxylic acids is 1. The quantitative estimate of drug-likeness (QED) is 0.814. The molecule has 1 fully saturated rings. The fraction of sp³-hybridized carbons (Fsp3) is 0.667. The first-order valence-corrected chi connectivity index (χ1v) is 8.92. The normalized spacial score (nSPS) is 17.9. The van der Waals surface area contributed by atoms with Crippen molar-refractivity contribution in [3.63, 3.8) is 0 Å². The highest BCUT2D eigenvalue weighted by molar-refractivity contribution is 9.11. The molecule has 112 valence electrons. The van der Waals surface area contributed by atoms with Crippen molar-refractivity contribution in [2.75, 3.05) is 6.54 Å². The van der Waals surface area contributed by atoms with Crippen LogP contribution in [0.2, 0.25) is 0 Å². The van der Waals surface area contributed by atoms with E-state index in [1.807, 2.05) is 6.07 Å². The van der Waals surface area contributed by atoms with Gasteiger partial charge in [0.1, 0.15) is 0 Å². The number of amides is 1. The minimum atomic E-state index is -0.660. The molecule has 1 aromatic heterocycles. The van der Waals surface area contributed by atoms with Crippen molar-refractivity contribution < 1.29 is 9.90 Å².